The van der Waals surface area contributed by atoms with Crippen LogP contribution in [0.2, 0.25) is 0 Å². The van der Waals surface area contributed by atoms with Crippen LogP contribution in [0, 0.1) is 0 Å². The number of thiol groups is 1. The molecule has 0 fully saturated rings. The first kappa shape index (κ1) is 11.2. The fourth-order valence-electron chi connectivity index (χ4n) is 1.09. The van der Waals surface area contributed by atoms with Gasteiger partial charge in [0.25, 0.3) is 0 Å². The van der Waals surface area contributed by atoms with Crippen molar-refractivity contribution in [3.8, 4) is 5.75 Å². The Morgan fingerprint density at radius 3 is 2.93 bits per heavy atom. The van der Waals surface area contributed by atoms with Crippen LogP contribution >= 0.6 is 12.6 Å². The molecule has 0 aliphatic heterocycles. The predicted molar refractivity (Wildman–Crippen MR) is 64.3 cm³/mol. The molecule has 0 aliphatic carbocycles. The molecule has 0 bridgehead atoms. The second-order valence-electron chi connectivity index (χ2n) is 3.20. The maximum absolute atomic E-state index is 5.55. The smallest absolute Gasteiger partial charge is 0.120 e. The van der Waals surface area contributed by atoms with Gasteiger partial charge in [0.05, 0.1) is 0 Å². The fourth-order valence-corrected chi connectivity index (χ4v) is 1.18. The molecule has 2 heteroatoms. The van der Waals surface area contributed by atoms with Gasteiger partial charge in [0, 0.05) is 5.75 Å². The summed E-state index contributed by atoms with van der Waals surface area (Å²) in [6, 6.07) is 8.13. The summed E-state index contributed by atoms with van der Waals surface area (Å²) in [5, 5.41) is 0. The predicted octanol–water partition coefficient (Wildman–Crippen LogP) is 3.11. The van der Waals surface area contributed by atoms with E-state index in [4.69, 9.17) is 4.74 Å². The van der Waals surface area contributed by atoms with E-state index in [0.29, 0.717) is 12.4 Å². The summed E-state index contributed by atoms with van der Waals surface area (Å²) in [6.07, 6.45) is 1.03. The van der Waals surface area contributed by atoms with Gasteiger partial charge in [-0.25, -0.2) is 0 Å². The van der Waals surface area contributed by atoms with Crippen molar-refractivity contribution in [2.24, 2.45) is 0 Å². The first-order chi connectivity index (χ1) is 6.76. The Hall–Kier alpha value is -0.890. The molecule has 0 radical (unpaired) electrons. The molecule has 0 heterocycles. The quantitative estimate of drug-likeness (QED) is 0.578. The normalized spacial score (nSPS) is 9.86. The third-order valence-electron chi connectivity index (χ3n) is 1.97. The van der Waals surface area contributed by atoms with E-state index < -0.39 is 0 Å². The number of hydrogen-bond acceptors (Lipinski definition) is 2. The van der Waals surface area contributed by atoms with Crippen LogP contribution in [0.5, 0.6) is 5.75 Å². The Morgan fingerprint density at radius 1 is 1.50 bits per heavy atom. The standard InChI is InChI=1S/C12H16OS/c1-3-11-5-4-6-12(7-11)13-8-10(2)9-14/h4-7,14H,2-3,8-9H2,1H3. The molecule has 0 amide bonds. The van der Waals surface area contributed by atoms with Crippen LogP contribution in [0.4, 0.5) is 0 Å². The van der Waals surface area contributed by atoms with Crippen LogP contribution in [-0.4, -0.2) is 12.4 Å². The molecular weight excluding hydrogens is 192 g/mol. The van der Waals surface area contributed by atoms with Crippen LogP contribution < -0.4 is 4.74 Å². The third-order valence-corrected chi connectivity index (χ3v) is 2.42. The third kappa shape index (κ3) is 3.46. The van der Waals surface area contributed by atoms with Crippen molar-refractivity contribution >= 4 is 12.6 Å². The second kappa shape index (κ2) is 5.76. The van der Waals surface area contributed by atoms with Crippen LogP contribution in [0.3, 0.4) is 0 Å². The highest BCUT2D eigenvalue weighted by atomic mass is 32.1. The summed E-state index contributed by atoms with van der Waals surface area (Å²) < 4.78 is 5.55. The first-order valence-electron chi connectivity index (χ1n) is 4.75. The van der Waals surface area contributed by atoms with Gasteiger partial charge in [0.15, 0.2) is 0 Å². The largest absolute Gasteiger partial charge is 0.489 e. The zero-order chi connectivity index (χ0) is 10.4. The molecule has 0 atom stereocenters. The van der Waals surface area contributed by atoms with E-state index in [1.165, 1.54) is 5.56 Å². The van der Waals surface area contributed by atoms with Gasteiger partial charge in [-0.1, -0.05) is 25.6 Å². The maximum atomic E-state index is 5.55. The average molecular weight is 208 g/mol. The summed E-state index contributed by atoms with van der Waals surface area (Å²) in [5.74, 6) is 1.58. The zero-order valence-electron chi connectivity index (χ0n) is 8.49. The minimum absolute atomic E-state index is 0.552. The van der Waals surface area contributed by atoms with Crippen LogP contribution in [0.25, 0.3) is 0 Å². The van der Waals surface area contributed by atoms with Gasteiger partial charge in [-0.15, -0.1) is 0 Å². The lowest BCUT2D eigenvalue weighted by molar-refractivity contribution is 0.353. The molecule has 0 aromatic heterocycles. The van der Waals surface area contributed by atoms with Gasteiger partial charge >= 0.3 is 0 Å². The van der Waals surface area contributed by atoms with Crippen molar-refractivity contribution in [3.05, 3.63) is 42.0 Å². The maximum Gasteiger partial charge on any atom is 0.120 e. The Labute approximate surface area is 91.2 Å². The SMILES string of the molecule is C=C(CS)COc1cccc(CC)c1. The highest BCUT2D eigenvalue weighted by Crippen LogP contribution is 2.14. The number of aryl methyl sites for hydroxylation is 1. The molecule has 1 aromatic rings. The molecule has 0 saturated carbocycles. The number of hydrogen-bond donors (Lipinski definition) is 1. The molecule has 0 N–H and O–H groups in total. The molecule has 0 unspecified atom stereocenters. The minimum Gasteiger partial charge on any atom is -0.489 e. The topological polar surface area (TPSA) is 9.23 Å². The Bertz CT molecular complexity index is 307. The highest BCUT2D eigenvalue weighted by molar-refractivity contribution is 7.80. The van der Waals surface area contributed by atoms with E-state index in [1.807, 2.05) is 12.1 Å². The summed E-state index contributed by atoms with van der Waals surface area (Å²) in [7, 11) is 0. The van der Waals surface area contributed by atoms with Crippen molar-refractivity contribution < 1.29 is 4.74 Å². The lowest BCUT2D eigenvalue weighted by atomic mass is 10.2. The summed E-state index contributed by atoms with van der Waals surface area (Å²) >= 11 is 4.12. The Kier molecular flexibility index (Phi) is 4.60. The van der Waals surface area contributed by atoms with Gasteiger partial charge in [0.1, 0.15) is 12.4 Å². The van der Waals surface area contributed by atoms with E-state index in [1.54, 1.807) is 0 Å². The van der Waals surface area contributed by atoms with Gasteiger partial charge in [0.2, 0.25) is 0 Å². The molecule has 0 saturated heterocycles. The molecule has 1 nitrogen and oxygen atoms in total. The summed E-state index contributed by atoms with van der Waals surface area (Å²) in [6.45, 7) is 6.51. The molecular formula is C12H16OS. The zero-order valence-corrected chi connectivity index (χ0v) is 9.39. The molecule has 76 valence electrons. The second-order valence-corrected chi connectivity index (χ2v) is 3.51. The van der Waals surface area contributed by atoms with Gasteiger partial charge < -0.3 is 4.74 Å². The van der Waals surface area contributed by atoms with Gasteiger partial charge in [-0.3, -0.25) is 0 Å². The number of ether oxygens (including phenoxy) is 1. The van der Waals surface area contributed by atoms with Crippen LogP contribution in [0.15, 0.2) is 36.4 Å². The Morgan fingerprint density at radius 2 is 2.29 bits per heavy atom. The van der Waals surface area contributed by atoms with E-state index in [0.717, 1.165) is 17.7 Å². The number of benzene rings is 1. The lowest BCUT2D eigenvalue weighted by Gasteiger charge is -2.07. The van der Waals surface area contributed by atoms with Crippen LogP contribution in [0.1, 0.15) is 12.5 Å². The number of rotatable bonds is 5. The van der Waals surface area contributed by atoms with Crippen LogP contribution in [-0.2, 0) is 6.42 Å². The van der Waals surface area contributed by atoms with E-state index in [9.17, 15) is 0 Å². The van der Waals surface area contributed by atoms with E-state index in [-0.39, 0.29) is 0 Å². The molecule has 0 aliphatic rings. The summed E-state index contributed by atoms with van der Waals surface area (Å²) in [4.78, 5) is 0. The van der Waals surface area contributed by atoms with Crippen molar-refractivity contribution in [2.75, 3.05) is 12.4 Å². The lowest BCUT2D eigenvalue weighted by Crippen LogP contribution is -2.01. The fraction of sp³-hybridized carbons (Fsp3) is 0.333. The molecule has 0 spiro atoms. The minimum atomic E-state index is 0.552. The molecule has 14 heavy (non-hydrogen) atoms. The van der Waals surface area contributed by atoms with Crippen molar-refractivity contribution in [2.45, 2.75) is 13.3 Å². The summed E-state index contributed by atoms with van der Waals surface area (Å²) in [5.41, 5.74) is 2.29. The van der Waals surface area contributed by atoms with Crippen molar-refractivity contribution in [1.29, 1.82) is 0 Å². The van der Waals surface area contributed by atoms with Gasteiger partial charge in [-0.2, -0.15) is 12.6 Å². The molecule has 1 rings (SSSR count). The average Bonchev–Trinajstić information content (AvgIpc) is 2.26. The van der Waals surface area contributed by atoms with E-state index >= 15 is 0 Å². The van der Waals surface area contributed by atoms with Crippen molar-refractivity contribution in [3.63, 3.8) is 0 Å². The molecule has 1 aromatic carbocycles. The van der Waals surface area contributed by atoms with Crippen molar-refractivity contribution in [1.82, 2.24) is 0 Å². The monoisotopic (exact) mass is 208 g/mol. The highest BCUT2D eigenvalue weighted by Gasteiger charge is 1.96. The van der Waals surface area contributed by atoms with E-state index in [2.05, 4.69) is 38.3 Å². The first-order valence-corrected chi connectivity index (χ1v) is 5.38. The van der Waals surface area contributed by atoms with Gasteiger partial charge in [-0.05, 0) is 29.7 Å². The Balaban J connectivity index is 2.54.